The van der Waals surface area contributed by atoms with Gasteiger partial charge in [-0.2, -0.15) is 0 Å². The van der Waals surface area contributed by atoms with Gasteiger partial charge in [-0.15, -0.1) is 0 Å². The molecule has 6 aromatic rings. The van der Waals surface area contributed by atoms with Gasteiger partial charge in [-0.05, 0) is 69.4 Å². The standard InChI is InChI=1S/C86H108O22/c1-51-42-93-82(76(92-47-64-38-26-16-27-39-64)67(51)100-84-78-86(50-94-84,49-89-44-61-32-20-13-21-33-61)108-81(105-78)65-40-28-17-29-41-65)103-71-58(8)97-79(102-73-57(7)95-56(6)72(98-59(9)87)75(73)104-83-77-70(52(2)55(5)96-83)106-85(10,11)107-77)54(4)69(71)101-80-53(3)68(90-45-62-34-22-14-23-35-62)74(91-46-63-36-24-15-25-37-63)66(99-80)48-88-43-60-30-18-12-19-31-60/h12-41,51-58,66-84H,42-50H2,1-11H3/t51-,52+,53-,54+,55?,56?,57-,58?,66?,67?,68?,69?,70-,71-,72-,73+,74-,75?,76-,77?,78?,79-,80-,81+,82-,83+,84-,86+/m1/s1. The summed E-state index contributed by atoms with van der Waals surface area (Å²) in [7, 11) is 0. The van der Waals surface area contributed by atoms with Crippen LogP contribution in [0.4, 0.5) is 0 Å². The Morgan fingerprint density at radius 3 is 1.46 bits per heavy atom. The monoisotopic (exact) mass is 1490 g/mol. The van der Waals surface area contributed by atoms with Gasteiger partial charge in [0, 0.05) is 36.2 Å². The molecule has 8 aliphatic rings. The van der Waals surface area contributed by atoms with Crippen LogP contribution in [0, 0.1) is 23.7 Å². The van der Waals surface area contributed by atoms with Crippen molar-refractivity contribution in [2.75, 3.05) is 26.4 Å². The zero-order valence-electron chi connectivity index (χ0n) is 63.8. The normalized spacial score (nSPS) is 38.0. The zero-order valence-corrected chi connectivity index (χ0v) is 63.8. The number of carbonyl (C=O) groups excluding carboxylic acids is 1. The lowest BCUT2D eigenvalue weighted by atomic mass is 9.89. The number of ether oxygens (including phenoxy) is 21. The van der Waals surface area contributed by atoms with Gasteiger partial charge in [0.25, 0.3) is 0 Å². The third-order valence-corrected chi connectivity index (χ3v) is 22.2. The third kappa shape index (κ3) is 18.5. The van der Waals surface area contributed by atoms with Gasteiger partial charge in [0.15, 0.2) is 49.6 Å². The Labute approximate surface area is 634 Å². The van der Waals surface area contributed by atoms with Crippen molar-refractivity contribution < 1.29 is 104 Å². The first-order valence-corrected chi connectivity index (χ1v) is 38.6. The summed E-state index contributed by atoms with van der Waals surface area (Å²) in [6.07, 6.45) is -18.4. The fourth-order valence-electron chi connectivity index (χ4n) is 16.2. The van der Waals surface area contributed by atoms with E-state index in [9.17, 15) is 4.79 Å². The van der Waals surface area contributed by atoms with E-state index < -0.39 is 158 Å². The lowest BCUT2D eigenvalue weighted by Gasteiger charge is -2.52. The van der Waals surface area contributed by atoms with E-state index in [1.165, 1.54) is 6.92 Å². The van der Waals surface area contributed by atoms with E-state index in [4.69, 9.17) is 99.5 Å². The third-order valence-electron chi connectivity index (χ3n) is 22.2. The van der Waals surface area contributed by atoms with Crippen LogP contribution in [0.1, 0.15) is 116 Å². The Kier molecular flexibility index (Phi) is 26.1. The van der Waals surface area contributed by atoms with Gasteiger partial charge in [0.2, 0.25) is 0 Å². The number of esters is 1. The quantitative estimate of drug-likeness (QED) is 0.0400. The molecule has 0 bridgehead atoms. The van der Waals surface area contributed by atoms with Gasteiger partial charge < -0.3 is 99.5 Å². The summed E-state index contributed by atoms with van der Waals surface area (Å²) in [6, 6.07) is 60.0. The van der Waals surface area contributed by atoms with Gasteiger partial charge in [0.05, 0.1) is 108 Å². The van der Waals surface area contributed by atoms with Crippen LogP contribution in [0.2, 0.25) is 0 Å². The van der Waals surface area contributed by atoms with Crippen molar-refractivity contribution in [1.29, 1.82) is 0 Å². The van der Waals surface area contributed by atoms with Crippen molar-refractivity contribution in [2.45, 2.75) is 262 Å². The van der Waals surface area contributed by atoms with E-state index >= 15 is 0 Å². The topological polar surface area (TPSA) is 211 Å². The first-order chi connectivity index (χ1) is 52.3. The van der Waals surface area contributed by atoms with Crippen LogP contribution >= 0.6 is 0 Å². The molecule has 22 nitrogen and oxygen atoms in total. The fourth-order valence-corrected chi connectivity index (χ4v) is 16.2. The first kappa shape index (κ1) is 78.7. The highest BCUT2D eigenvalue weighted by Crippen LogP contribution is 2.49. The molecule has 8 saturated heterocycles. The molecule has 0 saturated carbocycles. The van der Waals surface area contributed by atoms with Gasteiger partial charge in [-0.25, -0.2) is 0 Å². The van der Waals surface area contributed by atoms with Crippen LogP contribution in [0.5, 0.6) is 0 Å². The molecule has 10 unspecified atom stereocenters. The number of carbonyl (C=O) groups is 1. The average Bonchev–Trinajstić information content (AvgIpc) is 1.57. The Morgan fingerprint density at radius 2 is 0.861 bits per heavy atom. The summed E-state index contributed by atoms with van der Waals surface area (Å²) in [4.78, 5) is 13.3. The first-order valence-electron chi connectivity index (χ1n) is 38.6. The molecule has 0 N–H and O–H groups in total. The Hall–Kier alpha value is -6.01. The maximum atomic E-state index is 13.3. The number of rotatable bonds is 29. The summed E-state index contributed by atoms with van der Waals surface area (Å²) >= 11 is 0. The van der Waals surface area contributed by atoms with Crippen LogP contribution in [-0.2, 0) is 137 Å². The second-order valence-electron chi connectivity index (χ2n) is 30.8. The molecular formula is C86H108O22. The second kappa shape index (κ2) is 35.8. The number of hydrogen-bond acceptors (Lipinski definition) is 22. The molecular weight excluding hydrogens is 1380 g/mol. The molecule has 8 aliphatic heterocycles. The molecule has 0 amide bonds. The van der Waals surface area contributed by atoms with Crippen LogP contribution in [0.3, 0.4) is 0 Å². The van der Waals surface area contributed by atoms with Gasteiger partial charge in [0.1, 0.15) is 54.4 Å². The van der Waals surface area contributed by atoms with Crippen LogP contribution in [0.25, 0.3) is 0 Å². The summed E-state index contributed by atoms with van der Waals surface area (Å²) in [5.74, 6) is -2.98. The van der Waals surface area contributed by atoms with E-state index in [1.807, 2.05) is 230 Å². The van der Waals surface area contributed by atoms with Gasteiger partial charge in [-0.3, -0.25) is 4.79 Å². The molecule has 108 heavy (non-hydrogen) atoms. The lowest BCUT2D eigenvalue weighted by Crippen LogP contribution is -2.65. The van der Waals surface area contributed by atoms with Crippen molar-refractivity contribution >= 4 is 5.97 Å². The van der Waals surface area contributed by atoms with Crippen molar-refractivity contribution in [1.82, 2.24) is 0 Å². The maximum Gasteiger partial charge on any atom is 0.303 e. The van der Waals surface area contributed by atoms with E-state index in [0.29, 0.717) is 13.2 Å². The highest BCUT2D eigenvalue weighted by Gasteiger charge is 2.63. The van der Waals surface area contributed by atoms with E-state index in [0.717, 1.165) is 33.4 Å². The number of fused-ring (bicyclic) bond motifs is 2. The largest absolute Gasteiger partial charge is 0.457 e. The zero-order chi connectivity index (χ0) is 75.1. The maximum absolute atomic E-state index is 13.3. The van der Waals surface area contributed by atoms with Crippen LogP contribution < -0.4 is 0 Å². The minimum atomic E-state index is -1.12. The average molecular weight is 1490 g/mol. The fraction of sp³-hybridized carbons (Fsp3) is 0.570. The molecule has 0 radical (unpaired) electrons. The Morgan fingerprint density at radius 1 is 0.398 bits per heavy atom. The molecule has 584 valence electrons. The minimum absolute atomic E-state index is 0.0361. The van der Waals surface area contributed by atoms with Gasteiger partial charge in [-0.1, -0.05) is 210 Å². The predicted molar refractivity (Wildman–Crippen MR) is 392 cm³/mol. The van der Waals surface area contributed by atoms with Crippen molar-refractivity contribution in [3.8, 4) is 0 Å². The smallest absolute Gasteiger partial charge is 0.303 e. The molecule has 0 aromatic heterocycles. The van der Waals surface area contributed by atoms with Crippen LogP contribution in [0.15, 0.2) is 182 Å². The number of benzene rings is 6. The number of hydrogen-bond donors (Lipinski definition) is 0. The molecule has 0 spiro atoms. The minimum Gasteiger partial charge on any atom is -0.457 e. The van der Waals surface area contributed by atoms with Crippen molar-refractivity contribution in [3.05, 3.63) is 215 Å². The summed E-state index contributed by atoms with van der Waals surface area (Å²) in [6.45, 7) is 23.0. The van der Waals surface area contributed by atoms with Crippen LogP contribution in [-0.4, -0.2) is 179 Å². The molecule has 8 fully saturated rings. The van der Waals surface area contributed by atoms with Crippen molar-refractivity contribution in [2.24, 2.45) is 23.7 Å². The van der Waals surface area contributed by atoms with E-state index in [2.05, 4.69) is 20.8 Å². The highest BCUT2D eigenvalue weighted by atomic mass is 16.8. The molecule has 22 heteroatoms. The second-order valence-corrected chi connectivity index (χ2v) is 30.8. The Balaban J connectivity index is 0.806. The SMILES string of the molecule is CC(=O)O[C@@H]1C(C)O[C@H](C)[C@H](O[C@H]2OC(C)[C@@H](O[C@H]3OC[C@@H](C)C(O[C@H]4OC[C@]5(COCc6ccccc6)O[C@@H](c6ccccc6)OC45)[C@H]3OCc3ccccc3)C(O[C@H]3OC(COCc4ccccc4)[C@@H](OCc4ccccc4)C(OCc4ccccc4)[C@H]3C)[C@@H]2C)C1O[C@@H]1OC(C)[C@H](C)[C@H]2OC(C)(C)OC12. The summed E-state index contributed by atoms with van der Waals surface area (Å²) < 4.78 is 147. The van der Waals surface area contributed by atoms with Crippen molar-refractivity contribution in [3.63, 3.8) is 0 Å². The molecule has 0 aliphatic carbocycles. The Bertz CT molecular complexity index is 3720. The van der Waals surface area contributed by atoms with E-state index in [1.54, 1.807) is 0 Å². The summed E-state index contributed by atoms with van der Waals surface area (Å²) in [5.41, 5.74) is 4.71. The van der Waals surface area contributed by atoms with Gasteiger partial charge >= 0.3 is 5.97 Å². The molecule has 8 heterocycles. The predicted octanol–water partition coefficient (Wildman–Crippen LogP) is 12.7. The summed E-state index contributed by atoms with van der Waals surface area (Å²) in [5, 5.41) is 0. The lowest BCUT2D eigenvalue weighted by molar-refractivity contribution is -0.387. The molecule has 6 aromatic carbocycles. The van der Waals surface area contributed by atoms with E-state index in [-0.39, 0.29) is 70.3 Å². The molecule has 28 atom stereocenters. The highest BCUT2D eigenvalue weighted by molar-refractivity contribution is 5.66. The molecule has 14 rings (SSSR count).